The third-order valence-electron chi connectivity index (χ3n) is 3.37. The van der Waals surface area contributed by atoms with Crippen LogP contribution in [-0.4, -0.2) is 43.2 Å². The third-order valence-corrected chi connectivity index (χ3v) is 3.69. The number of hydrogen-bond donors (Lipinski definition) is 1. The molecule has 2 saturated heterocycles. The molecule has 0 bridgehead atoms. The van der Waals surface area contributed by atoms with Gasteiger partial charge >= 0.3 is 0 Å². The van der Waals surface area contributed by atoms with Gasteiger partial charge < -0.3 is 5.32 Å². The maximum absolute atomic E-state index is 12.3. The molecule has 1 amide bonds. The minimum atomic E-state index is -0.0278. The maximum atomic E-state index is 12.3. The van der Waals surface area contributed by atoms with Crippen LogP contribution in [0.3, 0.4) is 0 Å². The molecule has 0 spiro atoms. The zero-order valence-corrected chi connectivity index (χ0v) is 10.2. The first-order valence-electron chi connectivity index (χ1n) is 5.78. The fourth-order valence-corrected chi connectivity index (χ4v) is 2.69. The van der Waals surface area contributed by atoms with Crippen LogP contribution in [0.4, 0.5) is 5.69 Å². The minimum Gasteiger partial charge on any atom is -0.313 e. The highest BCUT2D eigenvalue weighted by molar-refractivity contribution is 6.33. The standard InChI is InChI=1S/C12H14ClN3O/c13-9-3-1-2-4-10(9)16-8-15-6-5-14-7-11(15)12(16)17/h1-4,11,14H,5-8H2. The van der Waals surface area contributed by atoms with E-state index in [9.17, 15) is 4.79 Å². The van der Waals surface area contributed by atoms with Gasteiger partial charge in [0.2, 0.25) is 5.91 Å². The van der Waals surface area contributed by atoms with Crippen molar-refractivity contribution in [2.45, 2.75) is 6.04 Å². The van der Waals surface area contributed by atoms with Crippen LogP contribution in [-0.2, 0) is 4.79 Å². The fraction of sp³-hybridized carbons (Fsp3) is 0.417. The summed E-state index contributed by atoms with van der Waals surface area (Å²) >= 11 is 6.14. The molecule has 2 fully saturated rings. The van der Waals surface area contributed by atoms with Gasteiger partial charge in [-0.15, -0.1) is 0 Å². The van der Waals surface area contributed by atoms with Crippen molar-refractivity contribution in [3.05, 3.63) is 29.3 Å². The molecule has 2 aliphatic rings. The van der Waals surface area contributed by atoms with Crippen LogP contribution in [0.5, 0.6) is 0 Å². The number of nitrogens with one attached hydrogen (secondary N) is 1. The van der Waals surface area contributed by atoms with Crippen LogP contribution in [0.25, 0.3) is 0 Å². The molecule has 90 valence electrons. The Morgan fingerprint density at radius 1 is 1.35 bits per heavy atom. The van der Waals surface area contributed by atoms with E-state index in [1.807, 2.05) is 24.3 Å². The molecule has 0 aliphatic carbocycles. The number of hydrogen-bond acceptors (Lipinski definition) is 3. The topological polar surface area (TPSA) is 35.6 Å². The van der Waals surface area contributed by atoms with Crippen molar-refractivity contribution in [2.75, 3.05) is 31.2 Å². The highest BCUT2D eigenvalue weighted by atomic mass is 35.5. The first-order valence-corrected chi connectivity index (χ1v) is 6.16. The van der Waals surface area contributed by atoms with Crippen molar-refractivity contribution in [2.24, 2.45) is 0 Å². The SMILES string of the molecule is O=C1C2CNCCN2CN1c1ccccc1Cl. The fourth-order valence-electron chi connectivity index (χ4n) is 2.46. The van der Waals surface area contributed by atoms with Gasteiger partial charge in [0, 0.05) is 19.6 Å². The van der Waals surface area contributed by atoms with E-state index in [0.29, 0.717) is 11.7 Å². The Morgan fingerprint density at radius 3 is 2.94 bits per heavy atom. The lowest BCUT2D eigenvalue weighted by molar-refractivity contribution is -0.119. The Labute approximate surface area is 105 Å². The number of anilines is 1. The third kappa shape index (κ3) is 1.82. The van der Waals surface area contributed by atoms with Crippen LogP contribution in [0, 0.1) is 0 Å². The molecule has 1 N–H and O–H groups in total. The maximum Gasteiger partial charge on any atom is 0.246 e. The first kappa shape index (κ1) is 11.0. The molecule has 3 rings (SSSR count). The normalized spacial score (nSPS) is 25.1. The van der Waals surface area contributed by atoms with Gasteiger partial charge in [-0.3, -0.25) is 14.6 Å². The Hall–Kier alpha value is -1.10. The Kier molecular flexibility index (Phi) is 2.78. The van der Waals surface area contributed by atoms with Gasteiger partial charge in [-0.05, 0) is 12.1 Å². The molecule has 5 heteroatoms. The molecular weight excluding hydrogens is 238 g/mol. The molecule has 4 nitrogen and oxygen atoms in total. The van der Waals surface area contributed by atoms with E-state index < -0.39 is 0 Å². The second-order valence-electron chi connectivity index (χ2n) is 4.39. The summed E-state index contributed by atoms with van der Waals surface area (Å²) in [5, 5.41) is 3.88. The van der Waals surface area contributed by atoms with E-state index >= 15 is 0 Å². The number of piperazine rings is 1. The predicted molar refractivity (Wildman–Crippen MR) is 67.2 cm³/mol. The number of benzene rings is 1. The van der Waals surface area contributed by atoms with E-state index in [1.165, 1.54) is 0 Å². The predicted octanol–water partition coefficient (Wildman–Crippen LogP) is 0.918. The lowest BCUT2D eigenvalue weighted by Crippen LogP contribution is -2.50. The van der Waals surface area contributed by atoms with E-state index in [1.54, 1.807) is 4.90 Å². The van der Waals surface area contributed by atoms with E-state index in [-0.39, 0.29) is 11.9 Å². The van der Waals surface area contributed by atoms with Crippen molar-refractivity contribution >= 4 is 23.2 Å². The lowest BCUT2D eigenvalue weighted by Gasteiger charge is -2.26. The van der Waals surface area contributed by atoms with Crippen LogP contribution in [0.15, 0.2) is 24.3 Å². The number of rotatable bonds is 1. The van der Waals surface area contributed by atoms with E-state index in [2.05, 4.69) is 10.2 Å². The molecule has 17 heavy (non-hydrogen) atoms. The van der Waals surface area contributed by atoms with Crippen molar-refractivity contribution < 1.29 is 4.79 Å². The van der Waals surface area contributed by atoms with Gasteiger partial charge in [0.15, 0.2) is 0 Å². The van der Waals surface area contributed by atoms with Crippen LogP contribution < -0.4 is 10.2 Å². The van der Waals surface area contributed by atoms with Gasteiger partial charge in [0.1, 0.15) is 6.04 Å². The highest BCUT2D eigenvalue weighted by Gasteiger charge is 2.40. The van der Waals surface area contributed by atoms with Gasteiger partial charge in [0.05, 0.1) is 17.4 Å². The molecule has 1 unspecified atom stereocenters. The first-order chi connectivity index (χ1) is 8.27. The van der Waals surface area contributed by atoms with Gasteiger partial charge in [-0.2, -0.15) is 0 Å². The Morgan fingerprint density at radius 2 is 2.18 bits per heavy atom. The van der Waals surface area contributed by atoms with Crippen molar-refractivity contribution in [1.82, 2.24) is 10.2 Å². The number of nitrogens with zero attached hydrogens (tertiary/aromatic N) is 2. The Bertz CT molecular complexity index is 451. The number of carbonyl (C=O) groups is 1. The zero-order valence-electron chi connectivity index (χ0n) is 9.40. The van der Waals surface area contributed by atoms with Crippen LogP contribution in [0.2, 0.25) is 5.02 Å². The summed E-state index contributed by atoms with van der Waals surface area (Å²) in [4.78, 5) is 16.3. The lowest BCUT2D eigenvalue weighted by atomic mass is 10.2. The van der Waals surface area contributed by atoms with Gasteiger partial charge in [-0.25, -0.2) is 0 Å². The largest absolute Gasteiger partial charge is 0.313 e. The quantitative estimate of drug-likeness (QED) is 0.806. The molecule has 2 heterocycles. The monoisotopic (exact) mass is 251 g/mol. The van der Waals surface area contributed by atoms with Crippen molar-refractivity contribution in [3.8, 4) is 0 Å². The number of carbonyl (C=O) groups excluding carboxylic acids is 1. The molecule has 0 radical (unpaired) electrons. The second-order valence-corrected chi connectivity index (χ2v) is 4.80. The molecule has 1 atom stereocenters. The van der Waals surface area contributed by atoms with E-state index in [4.69, 9.17) is 11.6 Å². The average Bonchev–Trinajstić information content (AvgIpc) is 2.68. The summed E-state index contributed by atoms with van der Waals surface area (Å²) in [6.07, 6.45) is 0. The summed E-state index contributed by atoms with van der Waals surface area (Å²) in [7, 11) is 0. The number of fused-ring (bicyclic) bond motifs is 1. The van der Waals surface area contributed by atoms with Crippen LogP contribution in [0.1, 0.15) is 0 Å². The number of halogens is 1. The molecule has 2 aliphatic heterocycles. The molecule has 0 aromatic heterocycles. The molecule has 0 saturated carbocycles. The van der Waals surface area contributed by atoms with Gasteiger partial charge in [0.25, 0.3) is 0 Å². The van der Waals surface area contributed by atoms with Crippen molar-refractivity contribution in [3.63, 3.8) is 0 Å². The molecule has 1 aromatic rings. The number of para-hydroxylation sites is 1. The minimum absolute atomic E-state index is 0.0278. The molecule has 1 aromatic carbocycles. The molecular formula is C12H14ClN3O. The van der Waals surface area contributed by atoms with E-state index in [0.717, 1.165) is 25.3 Å². The van der Waals surface area contributed by atoms with Crippen LogP contribution >= 0.6 is 11.6 Å². The average molecular weight is 252 g/mol. The van der Waals surface area contributed by atoms with Crippen molar-refractivity contribution in [1.29, 1.82) is 0 Å². The highest BCUT2D eigenvalue weighted by Crippen LogP contribution is 2.29. The summed E-state index contributed by atoms with van der Waals surface area (Å²) < 4.78 is 0. The summed E-state index contributed by atoms with van der Waals surface area (Å²) in [5.41, 5.74) is 0.813. The second kappa shape index (κ2) is 4.29. The smallest absolute Gasteiger partial charge is 0.246 e. The zero-order chi connectivity index (χ0) is 11.8. The summed E-state index contributed by atoms with van der Waals surface area (Å²) in [6.45, 7) is 3.24. The summed E-state index contributed by atoms with van der Waals surface area (Å²) in [6, 6.07) is 7.47. The summed E-state index contributed by atoms with van der Waals surface area (Å²) in [5.74, 6) is 0.144. The Balaban J connectivity index is 1.90. The van der Waals surface area contributed by atoms with Gasteiger partial charge in [-0.1, -0.05) is 23.7 Å². The number of amides is 1.